The monoisotopic (exact) mass is 290 g/mol. The number of ether oxygens (including phenoxy) is 2. The number of rotatable bonds is 1. The van der Waals surface area contributed by atoms with Crippen molar-refractivity contribution in [3.63, 3.8) is 0 Å². The summed E-state index contributed by atoms with van der Waals surface area (Å²) in [5, 5.41) is 0. The SMILES string of the molecule is CC1CCCC2C1CCC1(C)OC(C3=CCOC3=O)CC21. The summed E-state index contributed by atoms with van der Waals surface area (Å²) in [7, 11) is 0. The van der Waals surface area contributed by atoms with Crippen molar-refractivity contribution in [3.8, 4) is 0 Å². The van der Waals surface area contributed by atoms with Crippen molar-refractivity contribution < 1.29 is 14.3 Å². The van der Waals surface area contributed by atoms with Crippen LogP contribution in [0.15, 0.2) is 11.6 Å². The van der Waals surface area contributed by atoms with Crippen LogP contribution in [-0.4, -0.2) is 24.3 Å². The first kappa shape index (κ1) is 13.8. The minimum absolute atomic E-state index is 0.0212. The van der Waals surface area contributed by atoms with Gasteiger partial charge in [0, 0.05) is 0 Å². The number of cyclic esters (lactones) is 1. The van der Waals surface area contributed by atoms with Gasteiger partial charge in [-0.05, 0) is 62.4 Å². The summed E-state index contributed by atoms with van der Waals surface area (Å²) in [5.74, 6) is 3.01. The third kappa shape index (κ3) is 2.08. The summed E-state index contributed by atoms with van der Waals surface area (Å²) < 4.78 is 11.5. The second-order valence-electron chi connectivity index (χ2n) is 7.79. The van der Waals surface area contributed by atoms with E-state index in [1.165, 1.54) is 25.7 Å². The predicted molar refractivity (Wildman–Crippen MR) is 79.7 cm³/mol. The Hall–Kier alpha value is -0.830. The molecule has 0 bridgehead atoms. The molecule has 0 spiro atoms. The van der Waals surface area contributed by atoms with Crippen LogP contribution in [0.4, 0.5) is 0 Å². The molecule has 2 aliphatic carbocycles. The highest BCUT2D eigenvalue weighted by Crippen LogP contribution is 2.56. The zero-order chi connectivity index (χ0) is 14.6. The van der Waals surface area contributed by atoms with Crippen molar-refractivity contribution in [1.29, 1.82) is 0 Å². The Balaban J connectivity index is 1.58. The molecule has 6 atom stereocenters. The van der Waals surface area contributed by atoms with E-state index in [2.05, 4.69) is 13.8 Å². The van der Waals surface area contributed by atoms with Gasteiger partial charge in [0.2, 0.25) is 0 Å². The lowest BCUT2D eigenvalue weighted by Crippen LogP contribution is -2.47. The Labute approximate surface area is 127 Å². The van der Waals surface area contributed by atoms with Crippen molar-refractivity contribution in [2.75, 3.05) is 6.61 Å². The molecular formula is C18H26O3. The summed E-state index contributed by atoms with van der Waals surface area (Å²) in [5.41, 5.74) is 0.762. The Morgan fingerprint density at radius 2 is 2.10 bits per heavy atom. The highest BCUT2D eigenvalue weighted by atomic mass is 16.5. The van der Waals surface area contributed by atoms with Gasteiger partial charge in [-0.1, -0.05) is 19.8 Å². The molecule has 3 heteroatoms. The minimum Gasteiger partial charge on any atom is -0.458 e. The number of fused-ring (bicyclic) bond motifs is 3. The Morgan fingerprint density at radius 1 is 1.24 bits per heavy atom. The quantitative estimate of drug-likeness (QED) is 0.694. The smallest absolute Gasteiger partial charge is 0.336 e. The fourth-order valence-electron chi connectivity index (χ4n) is 5.62. The fraction of sp³-hybridized carbons (Fsp3) is 0.833. The molecule has 21 heavy (non-hydrogen) atoms. The molecule has 1 saturated heterocycles. The van der Waals surface area contributed by atoms with E-state index in [-0.39, 0.29) is 17.7 Å². The van der Waals surface area contributed by atoms with E-state index in [4.69, 9.17) is 9.47 Å². The minimum atomic E-state index is -0.157. The summed E-state index contributed by atoms with van der Waals surface area (Å²) in [6.07, 6.45) is 9.49. The molecule has 4 aliphatic rings. The van der Waals surface area contributed by atoms with Gasteiger partial charge in [-0.2, -0.15) is 0 Å². The largest absolute Gasteiger partial charge is 0.458 e. The van der Waals surface area contributed by atoms with Crippen LogP contribution in [0.2, 0.25) is 0 Å². The van der Waals surface area contributed by atoms with Crippen LogP contribution in [-0.2, 0) is 14.3 Å². The van der Waals surface area contributed by atoms with Gasteiger partial charge in [-0.25, -0.2) is 4.79 Å². The standard InChI is InChI=1S/C18H26O3/c1-11-4-3-5-13-12(11)6-8-18(2)15(13)10-16(21-18)14-7-9-20-17(14)19/h7,11-13,15-16H,3-6,8-10H2,1-2H3. The van der Waals surface area contributed by atoms with Crippen LogP contribution in [0.1, 0.15) is 52.4 Å². The maximum atomic E-state index is 11.8. The highest BCUT2D eigenvalue weighted by Gasteiger charge is 2.55. The molecule has 0 aromatic heterocycles. The maximum absolute atomic E-state index is 11.8. The average molecular weight is 290 g/mol. The van der Waals surface area contributed by atoms with Gasteiger partial charge in [-0.3, -0.25) is 0 Å². The van der Waals surface area contributed by atoms with E-state index in [0.29, 0.717) is 12.5 Å². The molecule has 2 saturated carbocycles. The summed E-state index contributed by atoms with van der Waals surface area (Å²) in [4.78, 5) is 11.8. The maximum Gasteiger partial charge on any atom is 0.336 e. The molecule has 116 valence electrons. The summed E-state index contributed by atoms with van der Waals surface area (Å²) >= 11 is 0. The van der Waals surface area contributed by atoms with E-state index >= 15 is 0 Å². The zero-order valence-corrected chi connectivity index (χ0v) is 13.1. The van der Waals surface area contributed by atoms with Gasteiger partial charge in [-0.15, -0.1) is 0 Å². The molecule has 6 unspecified atom stereocenters. The first-order valence-electron chi connectivity index (χ1n) is 8.63. The van der Waals surface area contributed by atoms with Crippen molar-refractivity contribution >= 4 is 5.97 Å². The number of esters is 1. The Morgan fingerprint density at radius 3 is 2.86 bits per heavy atom. The van der Waals surface area contributed by atoms with Gasteiger partial charge in [0.15, 0.2) is 0 Å². The number of carbonyl (C=O) groups excluding carboxylic acids is 1. The van der Waals surface area contributed by atoms with Gasteiger partial charge in [0.1, 0.15) is 6.61 Å². The number of hydrogen-bond donors (Lipinski definition) is 0. The van der Waals surface area contributed by atoms with E-state index in [0.717, 1.165) is 36.2 Å². The molecule has 0 radical (unpaired) electrons. The van der Waals surface area contributed by atoms with E-state index in [1.807, 2.05) is 6.08 Å². The fourth-order valence-corrected chi connectivity index (χ4v) is 5.62. The van der Waals surface area contributed by atoms with Crippen molar-refractivity contribution in [2.45, 2.75) is 64.1 Å². The average Bonchev–Trinajstić information content (AvgIpc) is 3.02. The van der Waals surface area contributed by atoms with E-state index in [9.17, 15) is 4.79 Å². The molecule has 0 aromatic carbocycles. The Bertz CT molecular complexity index is 483. The van der Waals surface area contributed by atoms with Crippen LogP contribution in [0.25, 0.3) is 0 Å². The summed E-state index contributed by atoms with van der Waals surface area (Å²) in [6.45, 7) is 5.15. The molecule has 3 nitrogen and oxygen atoms in total. The molecule has 4 rings (SSSR count). The molecular weight excluding hydrogens is 264 g/mol. The first-order chi connectivity index (χ1) is 10.1. The first-order valence-corrected chi connectivity index (χ1v) is 8.63. The van der Waals surface area contributed by atoms with E-state index < -0.39 is 0 Å². The van der Waals surface area contributed by atoms with Crippen molar-refractivity contribution in [3.05, 3.63) is 11.6 Å². The number of carbonyl (C=O) groups is 1. The van der Waals surface area contributed by atoms with Gasteiger partial charge < -0.3 is 9.47 Å². The van der Waals surface area contributed by atoms with Crippen LogP contribution >= 0.6 is 0 Å². The Kier molecular flexibility index (Phi) is 3.18. The van der Waals surface area contributed by atoms with Crippen LogP contribution in [0, 0.1) is 23.7 Å². The highest BCUT2D eigenvalue weighted by molar-refractivity contribution is 5.91. The second kappa shape index (κ2) is 4.84. The van der Waals surface area contributed by atoms with Crippen LogP contribution < -0.4 is 0 Å². The van der Waals surface area contributed by atoms with Crippen LogP contribution in [0.5, 0.6) is 0 Å². The lowest BCUT2D eigenvalue weighted by Gasteiger charge is -2.49. The molecule has 3 fully saturated rings. The third-order valence-electron chi connectivity index (χ3n) is 6.73. The van der Waals surface area contributed by atoms with Crippen molar-refractivity contribution in [2.24, 2.45) is 23.7 Å². The molecule has 2 heterocycles. The zero-order valence-electron chi connectivity index (χ0n) is 13.1. The topological polar surface area (TPSA) is 35.5 Å². The van der Waals surface area contributed by atoms with Gasteiger partial charge in [0.25, 0.3) is 0 Å². The molecule has 0 aromatic rings. The lowest BCUT2D eigenvalue weighted by molar-refractivity contribution is -0.138. The lowest BCUT2D eigenvalue weighted by atomic mass is 9.57. The molecule has 0 amide bonds. The van der Waals surface area contributed by atoms with E-state index in [1.54, 1.807) is 0 Å². The van der Waals surface area contributed by atoms with Crippen LogP contribution in [0.3, 0.4) is 0 Å². The van der Waals surface area contributed by atoms with Crippen molar-refractivity contribution in [1.82, 2.24) is 0 Å². The van der Waals surface area contributed by atoms with Gasteiger partial charge in [0.05, 0.1) is 17.3 Å². The predicted octanol–water partition coefficient (Wildman–Crippen LogP) is 3.48. The van der Waals surface area contributed by atoms with Gasteiger partial charge >= 0.3 is 5.97 Å². The second-order valence-corrected chi connectivity index (χ2v) is 7.79. The summed E-state index contributed by atoms with van der Waals surface area (Å²) in [6, 6.07) is 0. The third-order valence-corrected chi connectivity index (χ3v) is 6.73. The molecule has 2 aliphatic heterocycles. The number of hydrogen-bond acceptors (Lipinski definition) is 3. The normalized spacial score (nSPS) is 49.3. The molecule has 0 N–H and O–H groups in total.